The summed E-state index contributed by atoms with van der Waals surface area (Å²) in [4.78, 5) is 37.7. The minimum atomic E-state index is -0.568. The Labute approximate surface area is 152 Å². The van der Waals surface area contributed by atoms with Gasteiger partial charge in [-0.1, -0.05) is 19.1 Å². The van der Waals surface area contributed by atoms with Crippen molar-refractivity contribution in [1.29, 1.82) is 0 Å². The lowest BCUT2D eigenvalue weighted by Crippen LogP contribution is -2.47. The first kappa shape index (κ1) is 19.9. The second-order valence-electron chi connectivity index (χ2n) is 6.71. The fourth-order valence-corrected chi connectivity index (χ4v) is 3.19. The zero-order valence-corrected chi connectivity index (χ0v) is 15.0. The number of rotatable bonds is 7. The molecule has 0 aromatic heterocycles. The van der Waals surface area contributed by atoms with Crippen molar-refractivity contribution in [2.24, 2.45) is 17.6 Å². The molecular weight excluding hydrogens is 337 g/mol. The van der Waals surface area contributed by atoms with Crippen LogP contribution >= 0.6 is 0 Å². The highest BCUT2D eigenvalue weighted by atomic mass is 19.1. The van der Waals surface area contributed by atoms with E-state index >= 15 is 0 Å². The highest BCUT2D eigenvalue weighted by Gasteiger charge is 2.28. The van der Waals surface area contributed by atoms with Crippen molar-refractivity contribution in [3.05, 3.63) is 35.6 Å². The molecule has 7 heteroatoms. The normalized spacial score (nSPS) is 18.2. The summed E-state index contributed by atoms with van der Waals surface area (Å²) in [6, 6.07) is 5.85. The number of primary amides is 1. The van der Waals surface area contributed by atoms with Crippen LogP contribution in [0.5, 0.6) is 0 Å². The van der Waals surface area contributed by atoms with Crippen molar-refractivity contribution >= 4 is 17.7 Å². The minimum absolute atomic E-state index is 0.0498. The number of hydrogen-bond acceptors (Lipinski definition) is 3. The maximum Gasteiger partial charge on any atom is 0.224 e. The van der Waals surface area contributed by atoms with Crippen LogP contribution in [0, 0.1) is 17.7 Å². The van der Waals surface area contributed by atoms with Gasteiger partial charge in [0.15, 0.2) is 0 Å². The molecule has 0 bridgehead atoms. The molecule has 1 aromatic rings. The second-order valence-corrected chi connectivity index (χ2v) is 6.71. The van der Waals surface area contributed by atoms with Crippen LogP contribution in [0.1, 0.15) is 31.7 Å². The van der Waals surface area contributed by atoms with Crippen LogP contribution in [-0.2, 0) is 20.8 Å². The van der Waals surface area contributed by atoms with Crippen molar-refractivity contribution < 1.29 is 18.8 Å². The van der Waals surface area contributed by atoms with Gasteiger partial charge in [0, 0.05) is 26.1 Å². The van der Waals surface area contributed by atoms with Crippen molar-refractivity contribution in [3.63, 3.8) is 0 Å². The summed E-state index contributed by atoms with van der Waals surface area (Å²) >= 11 is 0. The predicted octanol–water partition coefficient (Wildman–Crippen LogP) is 1.23. The number of amides is 3. The third-order valence-electron chi connectivity index (χ3n) is 4.77. The average Bonchev–Trinajstić information content (AvgIpc) is 2.65. The number of nitrogens with two attached hydrogens (primary N) is 1. The fraction of sp³-hybridized carbons (Fsp3) is 0.526. The number of benzene rings is 1. The second kappa shape index (κ2) is 9.31. The van der Waals surface area contributed by atoms with E-state index in [1.165, 1.54) is 12.1 Å². The van der Waals surface area contributed by atoms with Crippen molar-refractivity contribution in [2.75, 3.05) is 19.6 Å². The van der Waals surface area contributed by atoms with Gasteiger partial charge in [-0.05, 0) is 37.0 Å². The summed E-state index contributed by atoms with van der Waals surface area (Å²) in [6.45, 7) is 3.03. The first-order valence-electron chi connectivity index (χ1n) is 9.00. The zero-order chi connectivity index (χ0) is 19.1. The monoisotopic (exact) mass is 363 g/mol. The molecular formula is C19H26FN3O3. The van der Waals surface area contributed by atoms with Crippen LogP contribution in [0.25, 0.3) is 0 Å². The summed E-state index contributed by atoms with van der Waals surface area (Å²) in [6.07, 6.45) is 2.27. The Morgan fingerprint density at radius 1 is 1.31 bits per heavy atom. The Bertz CT molecular complexity index is 648. The molecule has 6 nitrogen and oxygen atoms in total. The molecule has 142 valence electrons. The molecule has 0 radical (unpaired) electrons. The summed E-state index contributed by atoms with van der Waals surface area (Å²) < 4.78 is 13.0. The Kier molecular flexibility index (Phi) is 7.12. The Balaban J connectivity index is 1.89. The molecule has 2 unspecified atom stereocenters. The van der Waals surface area contributed by atoms with Gasteiger partial charge in [-0.25, -0.2) is 4.39 Å². The van der Waals surface area contributed by atoms with Gasteiger partial charge in [0.2, 0.25) is 17.7 Å². The zero-order valence-electron chi connectivity index (χ0n) is 15.0. The molecule has 0 saturated carbocycles. The summed E-state index contributed by atoms with van der Waals surface area (Å²) in [7, 11) is 0. The molecule has 1 heterocycles. The van der Waals surface area contributed by atoms with E-state index in [9.17, 15) is 18.8 Å². The lowest BCUT2D eigenvalue weighted by molar-refractivity contribution is -0.135. The molecule has 3 amide bonds. The van der Waals surface area contributed by atoms with Gasteiger partial charge in [0.1, 0.15) is 5.82 Å². The number of piperidine rings is 1. The molecule has 2 atom stereocenters. The van der Waals surface area contributed by atoms with E-state index in [0.717, 1.165) is 18.4 Å². The first-order chi connectivity index (χ1) is 12.4. The maximum absolute atomic E-state index is 13.0. The SMILES string of the molecule is CCC(=O)N1CCCC(C(=O)NCC(Cc2ccc(F)cc2)C(N)=O)C1. The van der Waals surface area contributed by atoms with Crippen LogP contribution in [0.15, 0.2) is 24.3 Å². The number of likely N-dealkylation sites (tertiary alicyclic amines) is 1. The van der Waals surface area contributed by atoms with Gasteiger partial charge in [0.25, 0.3) is 0 Å². The van der Waals surface area contributed by atoms with Gasteiger partial charge in [0.05, 0.1) is 11.8 Å². The number of nitrogens with zero attached hydrogens (tertiary/aromatic N) is 1. The van der Waals surface area contributed by atoms with Gasteiger partial charge in [-0.15, -0.1) is 0 Å². The van der Waals surface area contributed by atoms with E-state index in [2.05, 4.69) is 5.32 Å². The quantitative estimate of drug-likeness (QED) is 0.763. The first-order valence-corrected chi connectivity index (χ1v) is 9.00. The van der Waals surface area contributed by atoms with Crippen molar-refractivity contribution in [3.8, 4) is 0 Å². The van der Waals surface area contributed by atoms with Crippen LogP contribution in [-0.4, -0.2) is 42.3 Å². The summed E-state index contributed by atoms with van der Waals surface area (Å²) in [5.41, 5.74) is 6.22. The van der Waals surface area contributed by atoms with Gasteiger partial charge in [-0.3, -0.25) is 14.4 Å². The molecule has 1 saturated heterocycles. The van der Waals surface area contributed by atoms with E-state index < -0.39 is 11.8 Å². The van der Waals surface area contributed by atoms with Gasteiger partial charge >= 0.3 is 0 Å². The average molecular weight is 363 g/mol. The summed E-state index contributed by atoms with van der Waals surface area (Å²) in [5.74, 6) is -1.81. The van der Waals surface area contributed by atoms with E-state index in [4.69, 9.17) is 5.73 Å². The van der Waals surface area contributed by atoms with Crippen molar-refractivity contribution in [1.82, 2.24) is 10.2 Å². The molecule has 26 heavy (non-hydrogen) atoms. The molecule has 0 aliphatic carbocycles. The lowest BCUT2D eigenvalue weighted by Gasteiger charge is -2.32. The van der Waals surface area contributed by atoms with Gasteiger partial charge < -0.3 is 16.0 Å². The standard InChI is InChI=1S/C19H26FN3O3/c1-2-17(24)23-9-3-4-14(12-23)19(26)22-11-15(18(21)25)10-13-5-7-16(20)8-6-13/h5-8,14-15H,2-4,9-12H2,1H3,(H2,21,25)(H,22,26). The lowest BCUT2D eigenvalue weighted by atomic mass is 9.95. The third-order valence-corrected chi connectivity index (χ3v) is 4.77. The molecule has 1 aliphatic heterocycles. The van der Waals surface area contributed by atoms with Crippen LogP contribution < -0.4 is 11.1 Å². The number of halogens is 1. The highest BCUT2D eigenvalue weighted by molar-refractivity contribution is 5.82. The van der Waals surface area contributed by atoms with Crippen LogP contribution in [0.3, 0.4) is 0 Å². The molecule has 0 spiro atoms. The smallest absolute Gasteiger partial charge is 0.224 e. The minimum Gasteiger partial charge on any atom is -0.369 e. The highest BCUT2D eigenvalue weighted by Crippen LogP contribution is 2.18. The predicted molar refractivity (Wildman–Crippen MR) is 95.4 cm³/mol. The number of hydrogen-bond donors (Lipinski definition) is 2. The van der Waals surface area contributed by atoms with E-state index in [1.807, 2.05) is 0 Å². The van der Waals surface area contributed by atoms with E-state index in [0.29, 0.717) is 25.9 Å². The Morgan fingerprint density at radius 3 is 2.62 bits per heavy atom. The molecule has 1 fully saturated rings. The van der Waals surface area contributed by atoms with E-state index in [1.54, 1.807) is 24.0 Å². The molecule has 2 rings (SSSR count). The largest absolute Gasteiger partial charge is 0.369 e. The fourth-order valence-electron chi connectivity index (χ4n) is 3.19. The van der Waals surface area contributed by atoms with Crippen molar-refractivity contribution in [2.45, 2.75) is 32.6 Å². The number of carbonyl (C=O) groups is 3. The van der Waals surface area contributed by atoms with Gasteiger partial charge in [-0.2, -0.15) is 0 Å². The maximum atomic E-state index is 13.0. The van der Waals surface area contributed by atoms with E-state index in [-0.39, 0.29) is 30.1 Å². The molecule has 1 aromatic carbocycles. The Hall–Kier alpha value is -2.44. The number of carbonyl (C=O) groups excluding carboxylic acids is 3. The topological polar surface area (TPSA) is 92.5 Å². The molecule has 3 N–H and O–H groups in total. The van der Waals surface area contributed by atoms with Crippen LogP contribution in [0.4, 0.5) is 4.39 Å². The third kappa shape index (κ3) is 5.54. The number of nitrogens with one attached hydrogen (secondary N) is 1. The summed E-state index contributed by atoms with van der Waals surface area (Å²) in [5, 5.41) is 2.79. The Morgan fingerprint density at radius 2 is 2.00 bits per heavy atom. The van der Waals surface area contributed by atoms with Crippen LogP contribution in [0.2, 0.25) is 0 Å². The molecule has 1 aliphatic rings.